The number of rotatable bonds is 10. The van der Waals surface area contributed by atoms with Crippen molar-refractivity contribution in [1.29, 1.82) is 0 Å². The Morgan fingerprint density at radius 2 is 1.70 bits per heavy atom. The molecule has 3 unspecified atom stereocenters. The number of nitrogens with two attached hydrogens (primary N) is 1. The van der Waals surface area contributed by atoms with E-state index in [2.05, 4.69) is 18.7 Å². The molecule has 0 bridgehead atoms. The molecule has 0 aromatic carbocycles. The predicted octanol–water partition coefficient (Wildman–Crippen LogP) is 0.971. The van der Waals surface area contributed by atoms with Gasteiger partial charge in [0.15, 0.2) is 0 Å². The van der Waals surface area contributed by atoms with Gasteiger partial charge in [-0.15, -0.1) is 0 Å². The van der Waals surface area contributed by atoms with Gasteiger partial charge in [0.1, 0.15) is 0 Å². The number of piperidine rings is 1. The fraction of sp³-hybridized carbons (Fsp3) is 1.00. The van der Waals surface area contributed by atoms with Crippen molar-refractivity contribution in [3.8, 4) is 0 Å². The number of hydrogen-bond acceptors (Lipinski definition) is 5. The molecule has 2 N–H and O–H groups in total. The lowest BCUT2D eigenvalue weighted by Gasteiger charge is -2.42. The Kier molecular flexibility index (Phi) is 9.39. The fourth-order valence-corrected chi connectivity index (χ4v) is 3.05. The zero-order chi connectivity index (χ0) is 14.8. The minimum Gasteiger partial charge on any atom is -0.382 e. The molecule has 1 fully saturated rings. The lowest BCUT2D eigenvalue weighted by molar-refractivity contribution is 0.00455. The van der Waals surface area contributed by atoms with Crippen molar-refractivity contribution in [3.05, 3.63) is 0 Å². The Bertz CT molecular complexity index is 241. The minimum atomic E-state index is 0.507. The van der Waals surface area contributed by atoms with Gasteiger partial charge in [0.05, 0.1) is 33.0 Å². The van der Waals surface area contributed by atoms with Crippen LogP contribution in [-0.2, 0) is 14.2 Å². The molecule has 5 nitrogen and oxygen atoms in total. The summed E-state index contributed by atoms with van der Waals surface area (Å²) in [6.45, 7) is 10.8. The number of hydrogen-bond donors (Lipinski definition) is 1. The van der Waals surface area contributed by atoms with Gasteiger partial charge in [-0.1, -0.05) is 13.8 Å². The summed E-state index contributed by atoms with van der Waals surface area (Å²) in [6, 6.07) is 0.507. The van der Waals surface area contributed by atoms with Crippen LogP contribution in [0.1, 0.15) is 20.3 Å². The van der Waals surface area contributed by atoms with Crippen LogP contribution >= 0.6 is 0 Å². The minimum absolute atomic E-state index is 0.507. The van der Waals surface area contributed by atoms with E-state index in [-0.39, 0.29) is 0 Å². The fourth-order valence-electron chi connectivity index (χ4n) is 3.05. The summed E-state index contributed by atoms with van der Waals surface area (Å²) < 4.78 is 15.9. The summed E-state index contributed by atoms with van der Waals surface area (Å²) in [6.07, 6.45) is 1.28. The Morgan fingerprint density at radius 1 is 1.05 bits per heavy atom. The third-order valence-corrected chi connectivity index (χ3v) is 4.01. The van der Waals surface area contributed by atoms with Crippen LogP contribution in [0.2, 0.25) is 0 Å². The number of likely N-dealkylation sites (tertiary alicyclic amines) is 1. The maximum Gasteiger partial charge on any atom is 0.0701 e. The summed E-state index contributed by atoms with van der Waals surface area (Å²) in [4.78, 5) is 2.49. The van der Waals surface area contributed by atoms with Crippen molar-refractivity contribution in [2.24, 2.45) is 17.6 Å². The molecule has 0 amide bonds. The molecule has 0 aromatic rings. The van der Waals surface area contributed by atoms with Gasteiger partial charge in [-0.2, -0.15) is 0 Å². The van der Waals surface area contributed by atoms with E-state index in [1.165, 1.54) is 6.42 Å². The van der Waals surface area contributed by atoms with Crippen LogP contribution < -0.4 is 5.73 Å². The van der Waals surface area contributed by atoms with Crippen molar-refractivity contribution >= 4 is 0 Å². The molecule has 0 spiro atoms. The molecule has 120 valence electrons. The molecule has 1 aliphatic rings. The van der Waals surface area contributed by atoms with Crippen molar-refractivity contribution in [2.75, 3.05) is 59.8 Å². The maximum atomic E-state index is 5.91. The Hall–Kier alpha value is -0.200. The van der Waals surface area contributed by atoms with Crippen molar-refractivity contribution in [3.63, 3.8) is 0 Å². The van der Waals surface area contributed by atoms with E-state index in [1.54, 1.807) is 7.11 Å². The maximum absolute atomic E-state index is 5.91. The van der Waals surface area contributed by atoms with E-state index in [9.17, 15) is 0 Å². The first kappa shape index (κ1) is 17.9. The van der Waals surface area contributed by atoms with Gasteiger partial charge in [0.25, 0.3) is 0 Å². The first-order chi connectivity index (χ1) is 9.69. The van der Waals surface area contributed by atoms with Gasteiger partial charge >= 0.3 is 0 Å². The van der Waals surface area contributed by atoms with Crippen molar-refractivity contribution in [2.45, 2.75) is 26.3 Å². The van der Waals surface area contributed by atoms with E-state index >= 15 is 0 Å². The van der Waals surface area contributed by atoms with Gasteiger partial charge in [0, 0.05) is 32.8 Å². The molecule has 1 saturated heterocycles. The molecule has 1 rings (SSSR count). The number of methoxy groups -OCH3 is 1. The first-order valence-electron chi connectivity index (χ1n) is 7.77. The molecule has 1 aliphatic heterocycles. The Balaban J connectivity index is 2.10. The van der Waals surface area contributed by atoms with Gasteiger partial charge in [0.2, 0.25) is 0 Å². The van der Waals surface area contributed by atoms with E-state index < -0.39 is 0 Å². The largest absolute Gasteiger partial charge is 0.382 e. The second-order valence-electron chi connectivity index (χ2n) is 5.83. The molecule has 20 heavy (non-hydrogen) atoms. The predicted molar refractivity (Wildman–Crippen MR) is 80.9 cm³/mol. The first-order valence-corrected chi connectivity index (χ1v) is 7.77. The van der Waals surface area contributed by atoms with Gasteiger partial charge in [-0.05, 0) is 18.3 Å². The van der Waals surface area contributed by atoms with Crippen LogP contribution in [0.4, 0.5) is 0 Å². The standard InChI is InChI=1S/C15H32N2O3/c1-13-10-14(2)15(11-16)17(12-13)4-5-19-8-9-20-7-6-18-3/h13-15H,4-12,16H2,1-3H3. The molecule has 5 heteroatoms. The highest BCUT2D eigenvalue weighted by Gasteiger charge is 2.30. The summed E-state index contributed by atoms with van der Waals surface area (Å²) in [5.41, 5.74) is 5.91. The smallest absolute Gasteiger partial charge is 0.0701 e. The molecular formula is C15H32N2O3. The van der Waals surface area contributed by atoms with E-state index in [0.717, 1.165) is 32.2 Å². The second-order valence-corrected chi connectivity index (χ2v) is 5.83. The molecule has 0 aliphatic carbocycles. The second kappa shape index (κ2) is 10.5. The highest BCUT2D eigenvalue weighted by atomic mass is 16.5. The molecule has 0 radical (unpaired) electrons. The summed E-state index contributed by atoms with van der Waals surface area (Å²) in [5.74, 6) is 1.44. The van der Waals surface area contributed by atoms with Gasteiger partial charge < -0.3 is 19.9 Å². The summed E-state index contributed by atoms with van der Waals surface area (Å²) in [7, 11) is 1.67. The third kappa shape index (κ3) is 6.50. The highest BCUT2D eigenvalue weighted by molar-refractivity contribution is 4.85. The van der Waals surface area contributed by atoms with Crippen LogP contribution in [-0.4, -0.2) is 70.7 Å². The average molecular weight is 288 g/mol. The van der Waals surface area contributed by atoms with Crippen molar-refractivity contribution in [1.82, 2.24) is 4.90 Å². The van der Waals surface area contributed by atoms with Crippen LogP contribution in [0.5, 0.6) is 0 Å². The van der Waals surface area contributed by atoms with Crippen molar-refractivity contribution < 1.29 is 14.2 Å². The van der Waals surface area contributed by atoms with Crippen LogP contribution in [0.3, 0.4) is 0 Å². The van der Waals surface area contributed by atoms with E-state index in [1.807, 2.05) is 0 Å². The van der Waals surface area contributed by atoms with E-state index in [4.69, 9.17) is 19.9 Å². The topological polar surface area (TPSA) is 57.0 Å². The van der Waals surface area contributed by atoms with Gasteiger partial charge in [-0.25, -0.2) is 0 Å². The molecule has 1 heterocycles. The normalized spacial score (nSPS) is 27.9. The summed E-state index contributed by atoms with van der Waals surface area (Å²) >= 11 is 0. The quantitative estimate of drug-likeness (QED) is 0.607. The summed E-state index contributed by atoms with van der Waals surface area (Å²) in [5, 5.41) is 0. The van der Waals surface area contributed by atoms with E-state index in [0.29, 0.717) is 38.4 Å². The third-order valence-electron chi connectivity index (χ3n) is 4.01. The number of ether oxygens (including phenoxy) is 3. The molecule has 0 aromatic heterocycles. The van der Waals surface area contributed by atoms with Crippen LogP contribution in [0.15, 0.2) is 0 Å². The van der Waals surface area contributed by atoms with Gasteiger partial charge in [-0.3, -0.25) is 4.90 Å². The molecular weight excluding hydrogens is 256 g/mol. The SMILES string of the molecule is COCCOCCOCCN1CC(C)CC(C)C1CN. The lowest BCUT2D eigenvalue weighted by atomic mass is 9.85. The zero-order valence-corrected chi connectivity index (χ0v) is 13.3. The average Bonchev–Trinajstić information content (AvgIpc) is 2.41. The zero-order valence-electron chi connectivity index (χ0n) is 13.3. The highest BCUT2D eigenvalue weighted by Crippen LogP contribution is 2.26. The van der Waals surface area contributed by atoms with Crippen LogP contribution in [0.25, 0.3) is 0 Å². The lowest BCUT2D eigenvalue weighted by Crippen LogP contribution is -2.52. The molecule has 0 saturated carbocycles. The monoisotopic (exact) mass is 288 g/mol. The van der Waals surface area contributed by atoms with Crippen LogP contribution in [0, 0.1) is 11.8 Å². The number of nitrogens with zero attached hydrogens (tertiary/aromatic N) is 1. The molecule has 3 atom stereocenters. The Morgan fingerprint density at radius 3 is 2.35 bits per heavy atom. The Labute approximate surface area is 123 Å².